The predicted octanol–water partition coefficient (Wildman–Crippen LogP) is 4.93. The number of aliphatic carboxylic acids is 1. The lowest BCUT2D eigenvalue weighted by molar-refractivity contribution is -0.192. The molecule has 4 N–H and O–H groups in total. The van der Waals surface area contributed by atoms with Crippen LogP contribution in [0, 0.1) is 0 Å². The van der Waals surface area contributed by atoms with Crippen molar-refractivity contribution in [3.05, 3.63) is 70.4 Å². The molecule has 1 amide bonds. The van der Waals surface area contributed by atoms with Gasteiger partial charge < -0.3 is 20.7 Å². The number of fused-ring (bicyclic) bond motifs is 1. The minimum Gasteiger partial charge on any atom is -0.475 e. The summed E-state index contributed by atoms with van der Waals surface area (Å²) in [6.45, 7) is 2.11. The summed E-state index contributed by atoms with van der Waals surface area (Å²) in [5, 5.41) is 8.77. The van der Waals surface area contributed by atoms with Gasteiger partial charge in [-0.3, -0.25) is 4.79 Å². The van der Waals surface area contributed by atoms with E-state index in [-0.39, 0.29) is 5.91 Å². The molecule has 3 aromatic rings. The molecular formula is C23H23ClF3N3O3. The quantitative estimate of drug-likeness (QED) is 0.493. The van der Waals surface area contributed by atoms with E-state index in [9.17, 15) is 18.0 Å². The van der Waals surface area contributed by atoms with E-state index in [2.05, 4.69) is 29.2 Å². The summed E-state index contributed by atoms with van der Waals surface area (Å²) in [4.78, 5) is 26.9. The Morgan fingerprint density at radius 1 is 1.12 bits per heavy atom. The van der Waals surface area contributed by atoms with Crippen LogP contribution in [0.15, 0.2) is 48.5 Å². The van der Waals surface area contributed by atoms with Gasteiger partial charge in [-0.05, 0) is 54.2 Å². The van der Waals surface area contributed by atoms with Crippen LogP contribution in [-0.4, -0.2) is 46.1 Å². The highest BCUT2D eigenvalue weighted by atomic mass is 35.5. The van der Waals surface area contributed by atoms with Gasteiger partial charge in [0.25, 0.3) is 5.91 Å². The number of nitrogens with one attached hydrogen (secondary N) is 1. The number of carboxylic acids is 1. The summed E-state index contributed by atoms with van der Waals surface area (Å²) in [6.07, 6.45) is -3.13. The lowest BCUT2D eigenvalue weighted by Gasteiger charge is -2.32. The Labute approximate surface area is 193 Å². The normalized spacial score (nSPS) is 14.6. The molecule has 0 aliphatic carbocycles. The molecule has 1 aromatic heterocycles. The Hall–Kier alpha value is -3.04. The van der Waals surface area contributed by atoms with Crippen molar-refractivity contribution in [1.82, 2.24) is 9.88 Å². The largest absolute Gasteiger partial charge is 0.490 e. The van der Waals surface area contributed by atoms with E-state index in [1.54, 1.807) is 0 Å². The van der Waals surface area contributed by atoms with E-state index in [0.29, 0.717) is 23.2 Å². The van der Waals surface area contributed by atoms with Crippen molar-refractivity contribution >= 4 is 34.4 Å². The third kappa shape index (κ3) is 6.27. The van der Waals surface area contributed by atoms with Crippen LogP contribution in [0.1, 0.15) is 40.4 Å². The van der Waals surface area contributed by atoms with Gasteiger partial charge in [-0.25, -0.2) is 4.79 Å². The monoisotopic (exact) mass is 481 g/mol. The number of carbonyl (C=O) groups excluding carboxylic acids is 1. The zero-order chi connectivity index (χ0) is 24.2. The number of carbonyl (C=O) groups is 2. The molecular weight excluding hydrogens is 459 g/mol. The summed E-state index contributed by atoms with van der Waals surface area (Å²) in [5.74, 6) is -2.20. The zero-order valence-electron chi connectivity index (χ0n) is 17.5. The van der Waals surface area contributed by atoms with Gasteiger partial charge in [0, 0.05) is 35.6 Å². The molecule has 2 heterocycles. The van der Waals surface area contributed by atoms with Gasteiger partial charge in [-0.2, -0.15) is 13.2 Å². The molecule has 1 aliphatic heterocycles. The number of aromatic nitrogens is 1. The number of likely N-dealkylation sites (tertiary alicyclic amines) is 1. The van der Waals surface area contributed by atoms with Crippen LogP contribution in [0.5, 0.6) is 0 Å². The molecule has 176 valence electrons. The third-order valence-corrected chi connectivity index (χ3v) is 5.73. The fourth-order valence-corrected chi connectivity index (χ4v) is 3.96. The fourth-order valence-electron chi connectivity index (χ4n) is 3.78. The number of aromatic amines is 1. The van der Waals surface area contributed by atoms with Crippen molar-refractivity contribution in [2.45, 2.75) is 31.5 Å². The van der Waals surface area contributed by atoms with Gasteiger partial charge in [0.2, 0.25) is 0 Å². The SMILES string of the molecule is NCc1cccc(C2CCN(C(=O)c3cc4cc(Cl)ccc4[nH]3)CC2)c1.O=C(O)C(F)(F)F. The standard InChI is InChI=1S/C21H22ClN3O.C2HF3O2/c22-18-4-5-19-17(11-18)12-20(24-19)21(26)25-8-6-15(7-9-25)16-3-1-2-14(10-16)13-23;3-2(4,5)1(6)7/h1-5,10-12,15,24H,6-9,13,23H2;(H,6,7). The molecule has 0 spiro atoms. The molecule has 0 unspecified atom stereocenters. The highest BCUT2D eigenvalue weighted by Gasteiger charge is 2.38. The number of hydrogen-bond donors (Lipinski definition) is 3. The van der Waals surface area contributed by atoms with Crippen LogP contribution >= 0.6 is 11.6 Å². The molecule has 1 saturated heterocycles. The van der Waals surface area contributed by atoms with Crippen LogP contribution in [0.3, 0.4) is 0 Å². The second-order valence-corrected chi connectivity index (χ2v) is 8.17. The van der Waals surface area contributed by atoms with Crippen molar-refractivity contribution in [2.75, 3.05) is 13.1 Å². The smallest absolute Gasteiger partial charge is 0.475 e. The number of nitrogens with zero attached hydrogens (tertiary/aromatic N) is 1. The van der Waals surface area contributed by atoms with Crippen LogP contribution in [0.25, 0.3) is 10.9 Å². The summed E-state index contributed by atoms with van der Waals surface area (Å²) < 4.78 is 31.7. The maximum Gasteiger partial charge on any atom is 0.490 e. The first-order chi connectivity index (χ1) is 15.6. The number of carboxylic acid groups (broad SMARTS) is 1. The van der Waals surface area contributed by atoms with Crippen molar-refractivity contribution in [3.63, 3.8) is 0 Å². The average Bonchev–Trinajstić information content (AvgIpc) is 3.21. The minimum absolute atomic E-state index is 0.0616. The number of piperidine rings is 1. The third-order valence-electron chi connectivity index (χ3n) is 5.50. The average molecular weight is 482 g/mol. The second kappa shape index (κ2) is 10.3. The summed E-state index contributed by atoms with van der Waals surface area (Å²) in [6, 6.07) is 16.0. The molecule has 6 nitrogen and oxygen atoms in total. The Morgan fingerprint density at radius 2 is 1.79 bits per heavy atom. The second-order valence-electron chi connectivity index (χ2n) is 7.73. The van der Waals surface area contributed by atoms with E-state index < -0.39 is 12.1 Å². The number of amides is 1. The van der Waals surface area contributed by atoms with Crippen LogP contribution in [0.4, 0.5) is 13.2 Å². The van der Waals surface area contributed by atoms with Gasteiger partial charge in [0.05, 0.1) is 0 Å². The van der Waals surface area contributed by atoms with Crippen LogP contribution in [-0.2, 0) is 11.3 Å². The molecule has 0 radical (unpaired) electrons. The number of benzene rings is 2. The maximum absolute atomic E-state index is 12.8. The Bertz CT molecular complexity index is 1140. The lowest BCUT2D eigenvalue weighted by Crippen LogP contribution is -2.38. The molecule has 1 fully saturated rings. The van der Waals surface area contributed by atoms with Gasteiger partial charge in [-0.15, -0.1) is 0 Å². The Morgan fingerprint density at radius 3 is 2.39 bits per heavy atom. The number of hydrogen-bond acceptors (Lipinski definition) is 3. The molecule has 1 aliphatic rings. The molecule has 2 aromatic carbocycles. The number of H-pyrrole nitrogens is 1. The Balaban J connectivity index is 0.000000383. The first-order valence-corrected chi connectivity index (χ1v) is 10.6. The topological polar surface area (TPSA) is 99.4 Å². The molecule has 4 rings (SSSR count). The van der Waals surface area contributed by atoms with Crippen molar-refractivity contribution in [1.29, 1.82) is 0 Å². The first kappa shape index (κ1) is 24.6. The van der Waals surface area contributed by atoms with Crippen molar-refractivity contribution in [2.24, 2.45) is 5.73 Å². The summed E-state index contributed by atoms with van der Waals surface area (Å²) in [7, 11) is 0. The lowest BCUT2D eigenvalue weighted by atomic mass is 9.88. The molecule has 33 heavy (non-hydrogen) atoms. The van der Waals surface area contributed by atoms with Gasteiger partial charge >= 0.3 is 12.1 Å². The van der Waals surface area contributed by atoms with Crippen LogP contribution < -0.4 is 5.73 Å². The summed E-state index contributed by atoms with van der Waals surface area (Å²) >= 11 is 6.03. The van der Waals surface area contributed by atoms with Gasteiger partial charge in [0.1, 0.15) is 5.69 Å². The number of nitrogens with two attached hydrogens (primary N) is 1. The first-order valence-electron chi connectivity index (χ1n) is 10.2. The minimum atomic E-state index is -5.08. The zero-order valence-corrected chi connectivity index (χ0v) is 18.3. The van der Waals surface area contributed by atoms with E-state index in [0.717, 1.165) is 42.4 Å². The molecule has 0 saturated carbocycles. The highest BCUT2D eigenvalue weighted by molar-refractivity contribution is 6.31. The van der Waals surface area contributed by atoms with E-state index in [1.807, 2.05) is 29.2 Å². The number of alkyl halides is 3. The maximum atomic E-state index is 12.8. The molecule has 0 atom stereocenters. The Kier molecular flexibility index (Phi) is 7.65. The predicted molar refractivity (Wildman–Crippen MR) is 119 cm³/mol. The molecule has 0 bridgehead atoms. The van der Waals surface area contributed by atoms with Crippen LogP contribution in [0.2, 0.25) is 5.02 Å². The van der Waals surface area contributed by atoms with E-state index in [1.165, 1.54) is 5.56 Å². The van der Waals surface area contributed by atoms with Crippen molar-refractivity contribution in [3.8, 4) is 0 Å². The highest BCUT2D eigenvalue weighted by Crippen LogP contribution is 2.29. The van der Waals surface area contributed by atoms with Gasteiger partial charge in [0.15, 0.2) is 0 Å². The molecule has 10 heteroatoms. The summed E-state index contributed by atoms with van der Waals surface area (Å²) in [5.41, 5.74) is 9.82. The number of halogens is 4. The fraction of sp³-hybridized carbons (Fsp3) is 0.304. The van der Waals surface area contributed by atoms with Gasteiger partial charge in [-0.1, -0.05) is 35.9 Å². The number of rotatable bonds is 3. The van der Waals surface area contributed by atoms with Crippen molar-refractivity contribution < 1.29 is 27.9 Å². The van der Waals surface area contributed by atoms with E-state index >= 15 is 0 Å². The van der Waals surface area contributed by atoms with E-state index in [4.69, 9.17) is 27.2 Å².